The Morgan fingerprint density at radius 1 is 1.43 bits per heavy atom. The largest absolute Gasteiger partial charge is 0.496 e. The molecule has 3 nitrogen and oxygen atoms in total. The Morgan fingerprint density at radius 3 is 2.86 bits per heavy atom. The van der Waals surface area contributed by atoms with Gasteiger partial charge in [0.15, 0.2) is 0 Å². The molecule has 1 atom stereocenters. The number of nitrogens with one attached hydrogen (secondary N) is 1. The normalized spacial score (nSPS) is 12.4. The number of methoxy groups -OCH3 is 1. The Bertz CT molecular complexity index is 585. The number of benzene rings is 1. The molecule has 0 fully saturated rings. The molecule has 0 aliphatic carbocycles. The van der Waals surface area contributed by atoms with E-state index in [1.54, 1.807) is 18.4 Å². The Labute approximate surface area is 138 Å². The Kier molecular flexibility index (Phi) is 6.21. The van der Waals surface area contributed by atoms with Crippen LogP contribution < -0.4 is 10.1 Å². The van der Waals surface area contributed by atoms with E-state index in [0.717, 1.165) is 40.3 Å². The highest BCUT2D eigenvalue weighted by molar-refractivity contribution is 9.10. The molecule has 1 N–H and O–H groups in total. The minimum atomic E-state index is 0.220. The lowest BCUT2D eigenvalue weighted by Crippen LogP contribution is -2.24. The molecule has 0 aliphatic rings. The Balaban J connectivity index is 2.24. The van der Waals surface area contributed by atoms with Crippen molar-refractivity contribution in [3.8, 4) is 5.75 Å². The number of nitrogens with zero attached hydrogens (tertiary/aromatic N) is 1. The maximum absolute atomic E-state index is 5.48. The third kappa shape index (κ3) is 4.53. The predicted molar refractivity (Wildman–Crippen MR) is 92.3 cm³/mol. The molecule has 5 heteroatoms. The highest BCUT2D eigenvalue weighted by atomic mass is 79.9. The number of halogens is 1. The van der Waals surface area contributed by atoms with Crippen molar-refractivity contribution in [1.29, 1.82) is 0 Å². The third-order valence-electron chi connectivity index (χ3n) is 3.30. The summed E-state index contributed by atoms with van der Waals surface area (Å²) in [6.45, 7) is 5.21. The molecule has 0 spiro atoms. The van der Waals surface area contributed by atoms with Crippen molar-refractivity contribution in [2.75, 3.05) is 13.7 Å². The highest BCUT2D eigenvalue weighted by Gasteiger charge is 2.17. The van der Waals surface area contributed by atoms with Gasteiger partial charge in [-0.25, -0.2) is 4.98 Å². The summed E-state index contributed by atoms with van der Waals surface area (Å²) in [6, 6.07) is 6.35. The number of thiazole rings is 1. The highest BCUT2D eigenvalue weighted by Crippen LogP contribution is 2.28. The molecule has 1 heterocycles. The molecule has 0 saturated carbocycles. The third-order valence-corrected chi connectivity index (χ3v) is 4.59. The van der Waals surface area contributed by atoms with Crippen LogP contribution in [-0.4, -0.2) is 18.6 Å². The maximum atomic E-state index is 5.48. The first-order valence-electron chi connectivity index (χ1n) is 7.11. The van der Waals surface area contributed by atoms with Gasteiger partial charge in [0.25, 0.3) is 0 Å². The molecule has 0 aliphatic heterocycles. The molecule has 2 aromatic rings. The molecule has 0 saturated heterocycles. The van der Waals surface area contributed by atoms with Gasteiger partial charge in [0.05, 0.1) is 23.9 Å². The monoisotopic (exact) mass is 368 g/mol. The van der Waals surface area contributed by atoms with Gasteiger partial charge < -0.3 is 10.1 Å². The number of hydrogen-bond donors (Lipinski definition) is 1. The van der Waals surface area contributed by atoms with Gasteiger partial charge in [-0.2, -0.15) is 0 Å². The van der Waals surface area contributed by atoms with Crippen molar-refractivity contribution in [3.63, 3.8) is 0 Å². The molecular weight excluding hydrogens is 348 g/mol. The Morgan fingerprint density at radius 2 is 2.24 bits per heavy atom. The van der Waals surface area contributed by atoms with E-state index in [1.807, 2.05) is 19.1 Å². The molecule has 21 heavy (non-hydrogen) atoms. The van der Waals surface area contributed by atoms with Crippen LogP contribution in [0.1, 0.15) is 35.7 Å². The molecule has 2 rings (SSSR count). The lowest BCUT2D eigenvalue weighted by molar-refractivity contribution is 0.404. The number of ether oxygens (including phenoxy) is 1. The molecule has 0 bridgehead atoms. The minimum Gasteiger partial charge on any atom is -0.496 e. The van der Waals surface area contributed by atoms with Gasteiger partial charge in [0, 0.05) is 9.85 Å². The summed E-state index contributed by atoms with van der Waals surface area (Å²) in [7, 11) is 1.72. The van der Waals surface area contributed by atoms with Crippen molar-refractivity contribution < 1.29 is 4.74 Å². The zero-order valence-corrected chi connectivity index (χ0v) is 15.1. The lowest BCUT2D eigenvalue weighted by atomic mass is 10.0. The van der Waals surface area contributed by atoms with Crippen molar-refractivity contribution in [2.45, 2.75) is 32.7 Å². The lowest BCUT2D eigenvalue weighted by Gasteiger charge is -2.18. The summed E-state index contributed by atoms with van der Waals surface area (Å²) in [4.78, 5) is 4.64. The van der Waals surface area contributed by atoms with Crippen molar-refractivity contribution >= 4 is 27.3 Å². The summed E-state index contributed by atoms with van der Waals surface area (Å²) < 4.78 is 6.55. The van der Waals surface area contributed by atoms with Gasteiger partial charge in [0.2, 0.25) is 0 Å². The maximum Gasteiger partial charge on any atom is 0.122 e. The average molecular weight is 369 g/mol. The Hall–Kier alpha value is -0.910. The molecule has 1 unspecified atom stereocenters. The van der Waals surface area contributed by atoms with Gasteiger partial charge in [-0.3, -0.25) is 0 Å². The molecule has 114 valence electrons. The zero-order chi connectivity index (χ0) is 15.2. The van der Waals surface area contributed by atoms with Crippen LogP contribution in [0, 0.1) is 6.92 Å². The standard InChI is InChI=1S/C16H21BrN2OS/c1-4-7-18-14(15-10-21-11(2)19-15)9-12-8-13(17)5-6-16(12)20-3/h5-6,8,10,14,18H,4,7,9H2,1-3H3. The van der Waals surface area contributed by atoms with Crippen molar-refractivity contribution in [3.05, 3.63) is 44.3 Å². The number of aryl methyl sites for hydroxylation is 1. The van der Waals surface area contributed by atoms with Gasteiger partial charge in [0.1, 0.15) is 5.75 Å². The fourth-order valence-corrected chi connectivity index (χ4v) is 3.34. The second-order valence-corrected chi connectivity index (χ2v) is 6.94. The first kappa shape index (κ1) is 16.5. The first-order chi connectivity index (χ1) is 10.1. The van der Waals surface area contributed by atoms with Gasteiger partial charge in [-0.05, 0) is 50.1 Å². The minimum absolute atomic E-state index is 0.220. The van der Waals surface area contributed by atoms with E-state index in [0.29, 0.717) is 0 Å². The van der Waals surface area contributed by atoms with Gasteiger partial charge in [-0.1, -0.05) is 22.9 Å². The molecule has 1 aromatic carbocycles. The van der Waals surface area contributed by atoms with Crippen LogP contribution in [0.4, 0.5) is 0 Å². The van der Waals surface area contributed by atoms with E-state index in [-0.39, 0.29) is 6.04 Å². The van der Waals surface area contributed by atoms with Crippen LogP contribution in [-0.2, 0) is 6.42 Å². The summed E-state index contributed by atoms with van der Waals surface area (Å²) in [5.41, 5.74) is 2.30. The smallest absolute Gasteiger partial charge is 0.122 e. The second kappa shape index (κ2) is 7.92. The average Bonchev–Trinajstić information content (AvgIpc) is 2.90. The molecule has 0 amide bonds. The summed E-state index contributed by atoms with van der Waals surface area (Å²) in [5, 5.41) is 6.84. The number of rotatable bonds is 7. The van der Waals surface area contributed by atoms with Gasteiger partial charge >= 0.3 is 0 Å². The van der Waals surface area contributed by atoms with Crippen LogP contribution in [0.2, 0.25) is 0 Å². The van der Waals surface area contributed by atoms with Crippen molar-refractivity contribution in [2.24, 2.45) is 0 Å². The fraction of sp³-hybridized carbons (Fsp3) is 0.438. The topological polar surface area (TPSA) is 34.1 Å². The van der Waals surface area contributed by atoms with Crippen LogP contribution in [0.5, 0.6) is 5.75 Å². The first-order valence-corrected chi connectivity index (χ1v) is 8.79. The molecular formula is C16H21BrN2OS. The molecule has 1 aromatic heterocycles. The number of hydrogen-bond acceptors (Lipinski definition) is 4. The summed E-state index contributed by atoms with van der Waals surface area (Å²) in [5.74, 6) is 0.924. The SMILES string of the molecule is CCCNC(Cc1cc(Br)ccc1OC)c1csc(C)n1. The molecule has 0 radical (unpaired) electrons. The van der Waals surface area contributed by atoms with E-state index in [2.05, 4.69) is 44.6 Å². The van der Waals surface area contributed by atoms with E-state index in [9.17, 15) is 0 Å². The predicted octanol–water partition coefficient (Wildman–Crippen LogP) is 4.51. The van der Waals surface area contributed by atoms with Crippen LogP contribution in [0.25, 0.3) is 0 Å². The summed E-state index contributed by atoms with van der Waals surface area (Å²) in [6.07, 6.45) is 1.97. The van der Waals surface area contributed by atoms with Gasteiger partial charge in [-0.15, -0.1) is 11.3 Å². The quantitative estimate of drug-likeness (QED) is 0.780. The number of aromatic nitrogens is 1. The summed E-state index contributed by atoms with van der Waals surface area (Å²) >= 11 is 5.24. The van der Waals surface area contributed by atoms with Crippen LogP contribution >= 0.6 is 27.3 Å². The van der Waals surface area contributed by atoms with E-state index in [1.165, 1.54) is 5.56 Å². The zero-order valence-electron chi connectivity index (χ0n) is 12.6. The van der Waals surface area contributed by atoms with E-state index < -0.39 is 0 Å². The van der Waals surface area contributed by atoms with Crippen LogP contribution in [0.15, 0.2) is 28.1 Å². The fourth-order valence-electron chi connectivity index (χ4n) is 2.27. The van der Waals surface area contributed by atoms with E-state index >= 15 is 0 Å². The van der Waals surface area contributed by atoms with E-state index in [4.69, 9.17) is 4.74 Å². The van der Waals surface area contributed by atoms with Crippen LogP contribution in [0.3, 0.4) is 0 Å². The second-order valence-electron chi connectivity index (χ2n) is 4.96. The van der Waals surface area contributed by atoms with Crippen molar-refractivity contribution in [1.82, 2.24) is 10.3 Å².